The van der Waals surface area contributed by atoms with E-state index in [1.807, 2.05) is 6.07 Å². The van der Waals surface area contributed by atoms with Gasteiger partial charge in [0.2, 0.25) is 10.8 Å². The fraction of sp³-hybridized carbons (Fsp3) is 0.467. The van der Waals surface area contributed by atoms with Crippen molar-refractivity contribution < 1.29 is 9.84 Å². The lowest BCUT2D eigenvalue weighted by Crippen LogP contribution is -2.46. The van der Waals surface area contributed by atoms with E-state index in [9.17, 15) is 5.11 Å². The van der Waals surface area contributed by atoms with Crippen LogP contribution in [0.1, 0.15) is 29.6 Å². The first-order valence-corrected chi connectivity index (χ1v) is 9.27. The van der Waals surface area contributed by atoms with Gasteiger partial charge in [-0.2, -0.15) is 9.61 Å². The fourth-order valence-corrected chi connectivity index (χ4v) is 5.25. The summed E-state index contributed by atoms with van der Waals surface area (Å²) < 4.78 is 7.37. The first kappa shape index (κ1) is 15.1. The number of hydrogen-bond acceptors (Lipinski definition) is 7. The van der Waals surface area contributed by atoms with Crippen LogP contribution in [0.5, 0.6) is 5.88 Å². The Kier molecular flexibility index (Phi) is 3.84. The highest BCUT2D eigenvalue weighted by molar-refractivity contribution is 7.17. The summed E-state index contributed by atoms with van der Waals surface area (Å²) in [7, 11) is 0. The highest BCUT2D eigenvalue weighted by atomic mass is 32.1. The van der Waals surface area contributed by atoms with Crippen LogP contribution in [0.25, 0.3) is 4.96 Å². The van der Waals surface area contributed by atoms with Crippen molar-refractivity contribution in [2.45, 2.75) is 32.1 Å². The molecule has 1 fully saturated rings. The predicted octanol–water partition coefficient (Wildman–Crippen LogP) is 2.76. The zero-order valence-electron chi connectivity index (χ0n) is 12.9. The Balaban J connectivity index is 1.79. The molecule has 1 aliphatic heterocycles. The number of morpholine rings is 1. The monoisotopic (exact) mass is 350 g/mol. The van der Waals surface area contributed by atoms with Gasteiger partial charge in [-0.25, -0.2) is 4.98 Å². The van der Waals surface area contributed by atoms with Crippen molar-refractivity contribution in [3.05, 3.63) is 33.6 Å². The molecule has 1 saturated heterocycles. The van der Waals surface area contributed by atoms with E-state index in [0.717, 1.165) is 18.0 Å². The molecular formula is C15H18N4O2S2. The molecule has 0 amide bonds. The summed E-state index contributed by atoms with van der Waals surface area (Å²) in [6.07, 6.45) is 1.81. The van der Waals surface area contributed by atoms with Crippen LogP contribution in [-0.4, -0.2) is 49.9 Å². The second-order valence-electron chi connectivity index (χ2n) is 5.87. The standard InChI is InChI=1S/C15H18N4O2S2/c1-9-6-18(7-10(2)21-9)12(11-4-3-5-22-11)13-14(20)19-15(23-13)16-8-17-19/h3-5,8-10,12,20H,6-7H2,1-2H3/t9-,10+,12-/m0/s1. The summed E-state index contributed by atoms with van der Waals surface area (Å²) in [5, 5.41) is 16.8. The van der Waals surface area contributed by atoms with Crippen molar-refractivity contribution >= 4 is 27.6 Å². The minimum Gasteiger partial charge on any atom is -0.492 e. The molecule has 1 N–H and O–H groups in total. The van der Waals surface area contributed by atoms with Crippen LogP contribution in [0.3, 0.4) is 0 Å². The maximum atomic E-state index is 10.6. The third kappa shape index (κ3) is 2.65. The molecule has 1 aliphatic rings. The molecule has 0 saturated carbocycles. The van der Waals surface area contributed by atoms with Crippen molar-refractivity contribution in [3.8, 4) is 5.88 Å². The first-order valence-electron chi connectivity index (χ1n) is 7.57. The van der Waals surface area contributed by atoms with Crippen molar-refractivity contribution in [3.63, 3.8) is 0 Å². The lowest BCUT2D eigenvalue weighted by molar-refractivity contribution is -0.0761. The van der Waals surface area contributed by atoms with Gasteiger partial charge in [0, 0.05) is 18.0 Å². The van der Waals surface area contributed by atoms with Crippen LogP contribution in [-0.2, 0) is 4.74 Å². The summed E-state index contributed by atoms with van der Waals surface area (Å²) in [5.74, 6) is 0.188. The molecule has 23 heavy (non-hydrogen) atoms. The number of hydrogen-bond donors (Lipinski definition) is 1. The Bertz CT molecular complexity index is 788. The molecule has 3 aromatic heterocycles. The van der Waals surface area contributed by atoms with Crippen molar-refractivity contribution in [1.29, 1.82) is 0 Å². The molecule has 122 valence electrons. The summed E-state index contributed by atoms with van der Waals surface area (Å²) in [6, 6.07) is 4.18. The van der Waals surface area contributed by atoms with Crippen LogP contribution in [0.15, 0.2) is 23.8 Å². The van der Waals surface area contributed by atoms with Gasteiger partial charge in [0.15, 0.2) is 0 Å². The number of ether oxygens (including phenoxy) is 1. The molecule has 0 aromatic carbocycles. The molecule has 0 radical (unpaired) electrons. The van der Waals surface area contributed by atoms with Gasteiger partial charge in [-0.15, -0.1) is 11.3 Å². The molecule has 0 aliphatic carbocycles. The zero-order chi connectivity index (χ0) is 16.0. The molecular weight excluding hydrogens is 332 g/mol. The summed E-state index contributed by atoms with van der Waals surface area (Å²) in [5.41, 5.74) is 0. The molecule has 0 unspecified atom stereocenters. The van der Waals surface area contributed by atoms with Crippen molar-refractivity contribution in [2.75, 3.05) is 13.1 Å². The number of nitrogens with zero attached hydrogens (tertiary/aromatic N) is 4. The molecule has 6 nitrogen and oxygen atoms in total. The SMILES string of the molecule is C[C@@H]1CN([C@@H](c2cccs2)c2sc3ncnn3c2O)C[C@H](C)O1. The van der Waals surface area contributed by atoms with Gasteiger partial charge in [-0.3, -0.25) is 4.90 Å². The average molecular weight is 350 g/mol. The average Bonchev–Trinajstić information content (AvgIpc) is 3.20. The van der Waals surface area contributed by atoms with Gasteiger partial charge in [0.05, 0.1) is 23.1 Å². The van der Waals surface area contributed by atoms with Crippen LogP contribution in [0.4, 0.5) is 0 Å². The van der Waals surface area contributed by atoms with Gasteiger partial charge in [-0.05, 0) is 25.3 Å². The van der Waals surface area contributed by atoms with E-state index in [1.54, 1.807) is 11.3 Å². The summed E-state index contributed by atoms with van der Waals surface area (Å²) in [6.45, 7) is 5.85. The predicted molar refractivity (Wildman–Crippen MR) is 90.3 cm³/mol. The van der Waals surface area contributed by atoms with Crippen LogP contribution in [0, 0.1) is 0 Å². The van der Waals surface area contributed by atoms with E-state index in [-0.39, 0.29) is 24.1 Å². The molecule has 3 aromatic rings. The number of rotatable bonds is 3. The molecule has 8 heteroatoms. The first-order chi connectivity index (χ1) is 11.1. The number of thiophene rings is 1. The second-order valence-corrected chi connectivity index (χ2v) is 7.86. The maximum absolute atomic E-state index is 10.6. The second kappa shape index (κ2) is 5.86. The van der Waals surface area contributed by atoms with Crippen LogP contribution < -0.4 is 0 Å². The van der Waals surface area contributed by atoms with Gasteiger partial charge in [0.25, 0.3) is 0 Å². The molecule has 3 atom stereocenters. The Morgan fingerprint density at radius 2 is 2.13 bits per heavy atom. The largest absolute Gasteiger partial charge is 0.492 e. The number of aromatic hydroxyl groups is 1. The quantitative estimate of drug-likeness (QED) is 0.787. The Hall–Kier alpha value is -1.48. The van der Waals surface area contributed by atoms with E-state index >= 15 is 0 Å². The molecule has 0 bridgehead atoms. The van der Waals surface area contributed by atoms with Crippen molar-refractivity contribution in [1.82, 2.24) is 19.5 Å². The summed E-state index contributed by atoms with van der Waals surface area (Å²) >= 11 is 3.20. The molecule has 4 rings (SSSR count). The van der Waals surface area contributed by atoms with Gasteiger partial charge in [0.1, 0.15) is 6.33 Å². The lowest BCUT2D eigenvalue weighted by Gasteiger charge is -2.39. The number of aromatic nitrogens is 3. The van der Waals surface area contributed by atoms with E-state index in [4.69, 9.17) is 4.74 Å². The highest BCUT2D eigenvalue weighted by Crippen LogP contribution is 2.41. The Labute approximate surface area is 142 Å². The minimum absolute atomic E-state index is 0.0114. The maximum Gasteiger partial charge on any atom is 0.230 e. The number of thiazole rings is 1. The van der Waals surface area contributed by atoms with E-state index in [2.05, 4.69) is 40.3 Å². The fourth-order valence-electron chi connectivity index (χ4n) is 3.22. The third-order valence-electron chi connectivity index (χ3n) is 4.01. The molecule has 4 heterocycles. The van der Waals surface area contributed by atoms with Gasteiger partial charge < -0.3 is 9.84 Å². The topological polar surface area (TPSA) is 62.9 Å². The minimum atomic E-state index is 0.0114. The smallest absolute Gasteiger partial charge is 0.230 e. The number of fused-ring (bicyclic) bond motifs is 1. The Morgan fingerprint density at radius 1 is 1.35 bits per heavy atom. The molecule has 0 spiro atoms. The van der Waals surface area contributed by atoms with Gasteiger partial charge >= 0.3 is 0 Å². The van der Waals surface area contributed by atoms with Crippen LogP contribution >= 0.6 is 22.7 Å². The van der Waals surface area contributed by atoms with E-state index in [1.165, 1.54) is 27.1 Å². The van der Waals surface area contributed by atoms with Crippen molar-refractivity contribution in [2.24, 2.45) is 0 Å². The summed E-state index contributed by atoms with van der Waals surface area (Å²) in [4.78, 5) is 9.42. The van der Waals surface area contributed by atoms with Crippen LogP contribution in [0.2, 0.25) is 0 Å². The normalized spacial score (nSPS) is 24.3. The highest BCUT2D eigenvalue weighted by Gasteiger charge is 2.34. The Morgan fingerprint density at radius 3 is 2.78 bits per heavy atom. The van der Waals surface area contributed by atoms with E-state index < -0.39 is 0 Å². The van der Waals surface area contributed by atoms with E-state index in [0.29, 0.717) is 4.96 Å². The third-order valence-corrected chi connectivity index (χ3v) is 6.02. The van der Waals surface area contributed by atoms with Gasteiger partial charge in [-0.1, -0.05) is 17.4 Å². The lowest BCUT2D eigenvalue weighted by atomic mass is 10.1. The zero-order valence-corrected chi connectivity index (χ0v) is 14.5.